The molecule has 1 N–H and O–H groups in total. The van der Waals surface area contributed by atoms with E-state index in [4.69, 9.17) is 5.26 Å². The first-order valence-corrected chi connectivity index (χ1v) is 7.48. The highest BCUT2D eigenvalue weighted by Crippen LogP contribution is 2.26. The lowest BCUT2D eigenvalue weighted by Crippen LogP contribution is -2.32. The Morgan fingerprint density at radius 1 is 1.28 bits per heavy atom. The molecule has 0 aromatic heterocycles. The number of sulfonamides is 1. The summed E-state index contributed by atoms with van der Waals surface area (Å²) in [5.41, 5.74) is 1.03. The first kappa shape index (κ1) is 13.1. The van der Waals surface area contributed by atoms with Gasteiger partial charge in [-0.2, -0.15) is 5.26 Å². The summed E-state index contributed by atoms with van der Waals surface area (Å²) in [7, 11) is -3.45. The third kappa shape index (κ3) is 2.89. The van der Waals surface area contributed by atoms with Gasteiger partial charge in [0.05, 0.1) is 11.0 Å². The van der Waals surface area contributed by atoms with Gasteiger partial charge in [-0.15, -0.1) is 0 Å². The van der Waals surface area contributed by atoms with E-state index < -0.39 is 10.0 Å². The van der Waals surface area contributed by atoms with Crippen molar-refractivity contribution in [3.63, 3.8) is 0 Å². The Morgan fingerprint density at radius 3 is 2.50 bits per heavy atom. The van der Waals surface area contributed by atoms with Crippen LogP contribution in [-0.2, 0) is 10.0 Å². The molecule has 5 heteroatoms. The summed E-state index contributed by atoms with van der Waals surface area (Å²) < 4.78 is 26.9. The maximum Gasteiger partial charge on any atom is 0.240 e. The number of hydrogen-bond donors (Lipinski definition) is 1. The van der Waals surface area contributed by atoms with E-state index in [1.54, 1.807) is 24.3 Å². The molecule has 1 aromatic rings. The van der Waals surface area contributed by atoms with Crippen LogP contribution in [0.15, 0.2) is 29.2 Å². The number of rotatable bonds is 3. The Labute approximate surface area is 108 Å². The zero-order valence-electron chi connectivity index (χ0n) is 10.3. The molecule has 0 spiro atoms. The van der Waals surface area contributed by atoms with Crippen molar-refractivity contribution in [2.75, 3.05) is 0 Å². The number of nitrogens with one attached hydrogen (secondary N) is 1. The maximum absolute atomic E-state index is 12.1. The van der Waals surface area contributed by atoms with Gasteiger partial charge in [0.25, 0.3) is 0 Å². The second-order valence-electron chi connectivity index (χ2n) is 4.77. The van der Waals surface area contributed by atoms with E-state index in [0.29, 0.717) is 6.42 Å². The van der Waals surface area contributed by atoms with E-state index in [1.165, 1.54) is 0 Å². The van der Waals surface area contributed by atoms with Crippen LogP contribution in [0.4, 0.5) is 0 Å². The van der Waals surface area contributed by atoms with Crippen LogP contribution in [0.5, 0.6) is 0 Å². The SMILES string of the molecule is Cc1ccc(S(=O)(=O)N[C@H]2CC[C@H](C#N)C2)cc1. The van der Waals surface area contributed by atoms with E-state index in [9.17, 15) is 8.42 Å². The number of nitrogens with zero attached hydrogens (tertiary/aromatic N) is 1. The Morgan fingerprint density at radius 2 is 1.94 bits per heavy atom. The zero-order valence-corrected chi connectivity index (χ0v) is 11.1. The van der Waals surface area contributed by atoms with E-state index in [1.807, 2.05) is 6.92 Å². The van der Waals surface area contributed by atoms with Crippen LogP contribution in [0.25, 0.3) is 0 Å². The largest absolute Gasteiger partial charge is 0.240 e. The Kier molecular flexibility index (Phi) is 3.69. The monoisotopic (exact) mass is 264 g/mol. The van der Waals surface area contributed by atoms with E-state index in [0.717, 1.165) is 18.4 Å². The van der Waals surface area contributed by atoms with Gasteiger partial charge in [0, 0.05) is 12.0 Å². The molecule has 4 nitrogen and oxygen atoms in total. The molecule has 0 aliphatic heterocycles. The van der Waals surface area contributed by atoms with Crippen LogP contribution in [0.1, 0.15) is 24.8 Å². The van der Waals surface area contributed by atoms with Crippen molar-refractivity contribution in [3.05, 3.63) is 29.8 Å². The van der Waals surface area contributed by atoms with Gasteiger partial charge in [0.2, 0.25) is 10.0 Å². The van der Waals surface area contributed by atoms with Crippen LogP contribution < -0.4 is 4.72 Å². The maximum atomic E-state index is 12.1. The van der Waals surface area contributed by atoms with Crippen molar-refractivity contribution in [2.24, 2.45) is 5.92 Å². The fraction of sp³-hybridized carbons (Fsp3) is 0.462. The minimum atomic E-state index is -3.45. The van der Waals surface area contributed by atoms with Gasteiger partial charge in [-0.3, -0.25) is 0 Å². The molecule has 1 aliphatic rings. The molecule has 2 rings (SSSR count). The number of nitriles is 1. The molecule has 0 radical (unpaired) electrons. The van der Waals surface area contributed by atoms with Crippen molar-refractivity contribution < 1.29 is 8.42 Å². The molecule has 0 unspecified atom stereocenters. The molecule has 1 aromatic carbocycles. The van der Waals surface area contributed by atoms with Gasteiger partial charge in [-0.05, 0) is 38.3 Å². The van der Waals surface area contributed by atoms with E-state index in [2.05, 4.69) is 10.8 Å². The van der Waals surface area contributed by atoms with Crippen LogP contribution in [0.3, 0.4) is 0 Å². The first-order valence-electron chi connectivity index (χ1n) is 6.00. The van der Waals surface area contributed by atoms with E-state index in [-0.39, 0.29) is 16.9 Å². The molecule has 2 atom stereocenters. The molecule has 0 amide bonds. The number of hydrogen-bond acceptors (Lipinski definition) is 3. The molecule has 0 saturated heterocycles. The fourth-order valence-electron chi connectivity index (χ4n) is 2.21. The molecule has 0 bridgehead atoms. The van der Waals surface area contributed by atoms with Crippen LogP contribution in [-0.4, -0.2) is 14.5 Å². The van der Waals surface area contributed by atoms with Crippen molar-refractivity contribution in [1.29, 1.82) is 5.26 Å². The van der Waals surface area contributed by atoms with Gasteiger partial charge < -0.3 is 0 Å². The summed E-state index contributed by atoms with van der Waals surface area (Å²) in [5.74, 6) is -0.0179. The Bertz CT molecular complexity index is 558. The summed E-state index contributed by atoms with van der Waals surface area (Å²) in [5, 5.41) is 8.80. The number of benzene rings is 1. The van der Waals surface area contributed by atoms with Gasteiger partial charge >= 0.3 is 0 Å². The van der Waals surface area contributed by atoms with Crippen molar-refractivity contribution in [3.8, 4) is 6.07 Å². The predicted molar refractivity (Wildman–Crippen MR) is 68.2 cm³/mol. The van der Waals surface area contributed by atoms with Crippen LogP contribution >= 0.6 is 0 Å². The lowest BCUT2D eigenvalue weighted by Gasteiger charge is -2.12. The van der Waals surface area contributed by atoms with Crippen LogP contribution in [0.2, 0.25) is 0 Å². The summed E-state index contributed by atoms with van der Waals surface area (Å²) in [6.45, 7) is 1.91. The summed E-state index contributed by atoms with van der Waals surface area (Å²) >= 11 is 0. The summed E-state index contributed by atoms with van der Waals surface area (Å²) in [4.78, 5) is 0.286. The topological polar surface area (TPSA) is 70.0 Å². The smallest absolute Gasteiger partial charge is 0.208 e. The van der Waals surface area contributed by atoms with Crippen molar-refractivity contribution >= 4 is 10.0 Å². The zero-order chi connectivity index (χ0) is 13.2. The van der Waals surface area contributed by atoms with Gasteiger partial charge in [-0.25, -0.2) is 13.1 Å². The van der Waals surface area contributed by atoms with Gasteiger partial charge in [0.15, 0.2) is 0 Å². The lowest BCUT2D eigenvalue weighted by atomic mass is 10.1. The molecule has 18 heavy (non-hydrogen) atoms. The molecular weight excluding hydrogens is 248 g/mol. The standard InChI is InChI=1S/C13H16N2O2S/c1-10-2-6-13(7-3-10)18(16,17)15-12-5-4-11(8-12)9-14/h2-3,6-7,11-12,15H,4-5,8H2,1H3/t11-,12-/m0/s1. The number of aryl methyl sites for hydroxylation is 1. The highest BCUT2D eigenvalue weighted by Gasteiger charge is 2.28. The van der Waals surface area contributed by atoms with Gasteiger partial charge in [0.1, 0.15) is 0 Å². The molecule has 1 fully saturated rings. The first-order chi connectivity index (χ1) is 8.51. The van der Waals surface area contributed by atoms with Crippen molar-refractivity contribution in [1.82, 2.24) is 4.72 Å². The highest BCUT2D eigenvalue weighted by atomic mass is 32.2. The average Bonchev–Trinajstić information content (AvgIpc) is 2.76. The third-order valence-electron chi connectivity index (χ3n) is 3.27. The molecule has 0 heterocycles. The van der Waals surface area contributed by atoms with Crippen LogP contribution in [0, 0.1) is 24.2 Å². The molecular formula is C13H16N2O2S. The second-order valence-corrected chi connectivity index (χ2v) is 6.48. The minimum Gasteiger partial charge on any atom is -0.208 e. The third-order valence-corrected chi connectivity index (χ3v) is 4.80. The average molecular weight is 264 g/mol. The second kappa shape index (κ2) is 5.09. The van der Waals surface area contributed by atoms with Crippen molar-refractivity contribution in [2.45, 2.75) is 37.1 Å². The Hall–Kier alpha value is -1.38. The normalized spacial score (nSPS) is 23.8. The summed E-state index contributed by atoms with van der Waals surface area (Å²) in [6, 6.07) is 8.85. The predicted octanol–water partition coefficient (Wildman–Crippen LogP) is 1.97. The van der Waals surface area contributed by atoms with E-state index >= 15 is 0 Å². The molecule has 1 aliphatic carbocycles. The highest BCUT2D eigenvalue weighted by molar-refractivity contribution is 7.89. The minimum absolute atomic E-state index is 0.0179. The Balaban J connectivity index is 2.09. The lowest BCUT2D eigenvalue weighted by molar-refractivity contribution is 0.547. The van der Waals surface area contributed by atoms with Gasteiger partial charge in [-0.1, -0.05) is 17.7 Å². The molecule has 96 valence electrons. The quantitative estimate of drug-likeness (QED) is 0.907. The molecule has 1 saturated carbocycles. The fourth-order valence-corrected chi connectivity index (χ4v) is 3.49. The summed E-state index contributed by atoms with van der Waals surface area (Å²) in [6.07, 6.45) is 2.13.